The molecule has 8 heteroatoms. The molecule has 0 aliphatic rings. The van der Waals surface area contributed by atoms with Crippen LogP contribution in [0.3, 0.4) is 0 Å². The molecule has 82 valence electrons. The van der Waals surface area contributed by atoms with E-state index in [-0.39, 0.29) is 7.26 Å². The number of rotatable bonds is 0. The molecule has 3 nitrogen and oxygen atoms in total. The maximum atomic E-state index is 10.7. The topological polar surface area (TPSA) is 54.4 Å². The normalized spacial score (nSPS) is 13.2. The van der Waals surface area contributed by atoms with Gasteiger partial charge < -0.3 is 0 Å². The monoisotopic (exact) mass is 241 g/mol. The SMILES string of the molecule is C[P+](C)(C)C.O=S(=O)(O)C(F)(F)F. The van der Waals surface area contributed by atoms with E-state index in [9.17, 15) is 13.2 Å². The number of halogens is 3. The second-order valence-electron chi connectivity index (χ2n) is 3.60. The first-order valence-electron chi connectivity index (χ1n) is 3.08. The lowest BCUT2D eigenvalue weighted by atomic mass is 11.6. The fourth-order valence-corrected chi connectivity index (χ4v) is 0. The van der Waals surface area contributed by atoms with Crippen LogP contribution in [0, 0.1) is 0 Å². The summed E-state index contributed by atoms with van der Waals surface area (Å²) in [6, 6.07) is 0. The molecule has 0 fully saturated rings. The van der Waals surface area contributed by atoms with Crippen LogP contribution in [0.25, 0.3) is 0 Å². The van der Waals surface area contributed by atoms with Crippen molar-refractivity contribution in [3.63, 3.8) is 0 Å². The summed E-state index contributed by atoms with van der Waals surface area (Å²) in [4.78, 5) is 0. The Kier molecular flexibility index (Phi) is 5.48. The maximum Gasteiger partial charge on any atom is 0.522 e. The molecule has 0 spiro atoms. The Balaban J connectivity index is 0. The van der Waals surface area contributed by atoms with Crippen LogP contribution in [-0.2, 0) is 10.1 Å². The van der Waals surface area contributed by atoms with Gasteiger partial charge >= 0.3 is 15.6 Å². The van der Waals surface area contributed by atoms with Crippen molar-refractivity contribution in [3.05, 3.63) is 0 Å². The zero-order chi connectivity index (χ0) is 11.5. The van der Waals surface area contributed by atoms with Crippen molar-refractivity contribution in [1.82, 2.24) is 0 Å². The van der Waals surface area contributed by atoms with E-state index < -0.39 is 15.6 Å². The molecule has 0 saturated heterocycles. The van der Waals surface area contributed by atoms with Crippen LogP contribution in [0.4, 0.5) is 13.2 Å². The minimum atomic E-state index is -5.84. The van der Waals surface area contributed by atoms with Crippen molar-refractivity contribution in [1.29, 1.82) is 0 Å². The molecule has 0 aliphatic heterocycles. The van der Waals surface area contributed by atoms with Gasteiger partial charge in [0.05, 0.1) is 0 Å². The van der Waals surface area contributed by atoms with Crippen molar-refractivity contribution in [2.24, 2.45) is 0 Å². The van der Waals surface area contributed by atoms with E-state index >= 15 is 0 Å². The Morgan fingerprint density at radius 1 is 1.08 bits per heavy atom. The highest BCUT2D eigenvalue weighted by molar-refractivity contribution is 7.86. The summed E-state index contributed by atoms with van der Waals surface area (Å²) >= 11 is 0. The minimum Gasteiger partial charge on any atom is -0.279 e. The van der Waals surface area contributed by atoms with Crippen molar-refractivity contribution in [3.8, 4) is 0 Å². The molecule has 0 amide bonds. The number of hydrogen-bond donors (Lipinski definition) is 1. The molecule has 0 radical (unpaired) electrons. The van der Waals surface area contributed by atoms with E-state index in [1.54, 1.807) is 0 Å². The zero-order valence-corrected chi connectivity index (χ0v) is 9.46. The van der Waals surface area contributed by atoms with Crippen molar-refractivity contribution < 1.29 is 26.1 Å². The summed E-state index contributed by atoms with van der Waals surface area (Å²) in [6.07, 6.45) is 0. The van der Waals surface area contributed by atoms with Gasteiger partial charge in [-0.25, -0.2) is 0 Å². The van der Waals surface area contributed by atoms with Gasteiger partial charge in [0.15, 0.2) is 0 Å². The van der Waals surface area contributed by atoms with Crippen LogP contribution in [0.1, 0.15) is 0 Å². The van der Waals surface area contributed by atoms with Gasteiger partial charge in [-0.15, -0.1) is 0 Å². The Labute approximate surface area is 76.4 Å². The summed E-state index contributed by atoms with van der Waals surface area (Å²) in [5.41, 5.74) is -5.53. The van der Waals surface area contributed by atoms with Gasteiger partial charge in [0, 0.05) is 33.9 Å². The van der Waals surface area contributed by atoms with Gasteiger partial charge in [0.2, 0.25) is 0 Å². The summed E-state index contributed by atoms with van der Waals surface area (Å²) in [7, 11) is -6.23. The summed E-state index contributed by atoms with van der Waals surface area (Å²) in [5, 5.41) is 0. The smallest absolute Gasteiger partial charge is 0.279 e. The predicted molar refractivity (Wildman–Crippen MR) is 48.2 cm³/mol. The fraction of sp³-hybridized carbons (Fsp3) is 1.00. The van der Waals surface area contributed by atoms with E-state index in [2.05, 4.69) is 26.7 Å². The van der Waals surface area contributed by atoms with E-state index in [0.29, 0.717) is 0 Å². The van der Waals surface area contributed by atoms with Crippen LogP contribution in [0.2, 0.25) is 0 Å². The van der Waals surface area contributed by atoms with Crippen LogP contribution in [0.5, 0.6) is 0 Å². The predicted octanol–water partition coefficient (Wildman–Crippen LogP) is 1.92. The molecular formula is C5H13F3O3PS+. The largest absolute Gasteiger partial charge is 0.522 e. The minimum absolute atomic E-state index is 0.389. The first-order valence-corrected chi connectivity index (χ1v) is 8.09. The lowest BCUT2D eigenvalue weighted by molar-refractivity contribution is -0.0510. The fourth-order valence-electron chi connectivity index (χ4n) is 0. The molecule has 0 heterocycles. The van der Waals surface area contributed by atoms with E-state index in [4.69, 9.17) is 13.0 Å². The quantitative estimate of drug-likeness (QED) is 0.400. The first kappa shape index (κ1) is 15.6. The van der Waals surface area contributed by atoms with Gasteiger partial charge in [0.25, 0.3) is 0 Å². The molecule has 0 aliphatic carbocycles. The maximum absolute atomic E-state index is 10.7. The Hall–Kier alpha value is 0.130. The average Bonchev–Trinajstić information content (AvgIpc) is 1.50. The molecule has 13 heavy (non-hydrogen) atoms. The van der Waals surface area contributed by atoms with Crippen LogP contribution in [-0.4, -0.2) is 45.1 Å². The molecule has 0 aromatic heterocycles. The Bertz CT molecular complexity index is 233. The lowest BCUT2D eigenvalue weighted by Gasteiger charge is -1.97. The summed E-state index contributed by atoms with van der Waals surface area (Å²) in [5.74, 6) is 0. The highest BCUT2D eigenvalue weighted by Gasteiger charge is 2.44. The standard InChI is InChI=1S/C4H12P.CHF3O3S/c1-5(2,3)4;2-1(3,4)8(5,6)7/h1-4H3;(H,5,6,7)/q+1;. The van der Waals surface area contributed by atoms with E-state index in [1.807, 2.05) is 0 Å². The molecule has 0 aromatic carbocycles. The zero-order valence-electron chi connectivity index (χ0n) is 7.75. The van der Waals surface area contributed by atoms with Crippen LogP contribution >= 0.6 is 7.26 Å². The summed E-state index contributed by atoms with van der Waals surface area (Å²) in [6.45, 7) is 9.19. The van der Waals surface area contributed by atoms with Crippen LogP contribution < -0.4 is 0 Å². The number of hydrogen-bond acceptors (Lipinski definition) is 2. The Morgan fingerprint density at radius 3 is 1.15 bits per heavy atom. The van der Waals surface area contributed by atoms with Gasteiger partial charge in [-0.1, -0.05) is 0 Å². The third kappa shape index (κ3) is 14.9. The second kappa shape index (κ2) is 4.57. The Morgan fingerprint density at radius 2 is 1.15 bits per heavy atom. The van der Waals surface area contributed by atoms with Crippen molar-refractivity contribution >= 4 is 17.4 Å². The highest BCUT2D eigenvalue weighted by atomic mass is 32.2. The van der Waals surface area contributed by atoms with Crippen LogP contribution in [0.15, 0.2) is 0 Å². The van der Waals surface area contributed by atoms with Gasteiger partial charge in [-0.3, -0.25) is 4.55 Å². The van der Waals surface area contributed by atoms with Crippen molar-refractivity contribution in [2.45, 2.75) is 5.51 Å². The second-order valence-corrected chi connectivity index (χ2v) is 10.4. The third-order valence-corrected chi connectivity index (χ3v) is 0.877. The van der Waals surface area contributed by atoms with Gasteiger partial charge in [-0.2, -0.15) is 21.6 Å². The lowest BCUT2D eigenvalue weighted by Crippen LogP contribution is -2.21. The molecule has 0 aromatic rings. The molecule has 0 bridgehead atoms. The molecule has 0 atom stereocenters. The highest BCUT2D eigenvalue weighted by Crippen LogP contribution is 2.40. The van der Waals surface area contributed by atoms with Crippen molar-refractivity contribution in [2.75, 3.05) is 26.7 Å². The molecule has 0 unspecified atom stereocenters. The molecular weight excluding hydrogens is 228 g/mol. The molecule has 0 rings (SSSR count). The van der Waals surface area contributed by atoms with Gasteiger partial charge in [-0.05, 0) is 0 Å². The number of alkyl halides is 3. The summed E-state index contributed by atoms with van der Waals surface area (Å²) < 4.78 is 57.5. The average molecular weight is 241 g/mol. The third-order valence-electron chi connectivity index (χ3n) is 0.292. The van der Waals surface area contributed by atoms with Gasteiger partial charge in [0.1, 0.15) is 0 Å². The molecule has 1 N–H and O–H groups in total. The first-order chi connectivity index (χ1) is 5.25. The van der Waals surface area contributed by atoms with E-state index in [0.717, 1.165) is 0 Å². The molecule has 0 saturated carbocycles. The van der Waals surface area contributed by atoms with E-state index in [1.165, 1.54) is 0 Å².